The number of carbonyl (C=O) groups is 1. The van der Waals surface area contributed by atoms with Gasteiger partial charge in [0.2, 0.25) is 0 Å². The van der Waals surface area contributed by atoms with Gasteiger partial charge in [-0.1, -0.05) is 29.8 Å². The highest BCUT2D eigenvalue weighted by molar-refractivity contribution is 6.31. The average molecular weight is 340 g/mol. The maximum Gasteiger partial charge on any atom is 0.411 e. The fourth-order valence-corrected chi connectivity index (χ4v) is 3.36. The van der Waals surface area contributed by atoms with Crippen LogP contribution in [-0.4, -0.2) is 33.3 Å². The Bertz CT molecular complexity index is 580. The van der Waals surface area contributed by atoms with Crippen LogP contribution in [-0.2, 0) is 4.74 Å². The molecule has 1 aromatic rings. The largest absolute Gasteiger partial charge is 0.444 e. The van der Waals surface area contributed by atoms with Gasteiger partial charge in [0.05, 0.1) is 6.04 Å². The molecule has 1 unspecified atom stereocenters. The van der Waals surface area contributed by atoms with Gasteiger partial charge in [0.15, 0.2) is 0 Å². The van der Waals surface area contributed by atoms with E-state index in [1.54, 1.807) is 17.0 Å². The van der Waals surface area contributed by atoms with Crippen LogP contribution in [0.3, 0.4) is 0 Å². The number of hydrogen-bond donors (Lipinski definition) is 1. The van der Waals surface area contributed by atoms with Crippen LogP contribution in [0.4, 0.5) is 4.79 Å². The van der Waals surface area contributed by atoms with Gasteiger partial charge in [0, 0.05) is 16.1 Å². The Morgan fingerprint density at radius 2 is 2.00 bits per heavy atom. The van der Waals surface area contributed by atoms with Gasteiger partial charge in [-0.3, -0.25) is 4.90 Å². The van der Waals surface area contributed by atoms with Crippen LogP contribution in [0.15, 0.2) is 24.3 Å². The summed E-state index contributed by atoms with van der Waals surface area (Å²) in [5, 5.41) is 11.3. The predicted molar refractivity (Wildman–Crippen MR) is 91.6 cm³/mol. The Hall–Kier alpha value is -1.26. The molecule has 0 bridgehead atoms. The van der Waals surface area contributed by atoms with Crippen LogP contribution in [0.5, 0.6) is 0 Å². The summed E-state index contributed by atoms with van der Waals surface area (Å²) < 4.78 is 5.55. The van der Waals surface area contributed by atoms with E-state index in [1.165, 1.54) is 0 Å². The van der Waals surface area contributed by atoms with Gasteiger partial charge < -0.3 is 9.84 Å². The molecule has 5 heteroatoms. The summed E-state index contributed by atoms with van der Waals surface area (Å²) >= 11 is 6.21. The van der Waals surface area contributed by atoms with E-state index in [2.05, 4.69) is 0 Å². The van der Waals surface area contributed by atoms with Crippen molar-refractivity contribution in [2.24, 2.45) is 0 Å². The van der Waals surface area contributed by atoms with Crippen LogP contribution in [0.2, 0.25) is 5.02 Å². The van der Waals surface area contributed by atoms with E-state index in [0.29, 0.717) is 17.0 Å². The minimum Gasteiger partial charge on any atom is -0.444 e. The van der Waals surface area contributed by atoms with Crippen LogP contribution in [0, 0.1) is 0 Å². The Labute approximate surface area is 143 Å². The van der Waals surface area contributed by atoms with Gasteiger partial charge in [0.25, 0.3) is 0 Å². The Morgan fingerprint density at radius 3 is 2.57 bits per heavy atom. The standard InChI is InChI=1S/C18H26ClNO3/c1-17(2,3)23-16(22)20-14(10-11-18(20,4)5)15(21)12-8-6-7-9-13(12)19/h6-9,14-15,21H,10-11H2,1-5H3/t14?,15-/m1/s1. The number of rotatable bonds is 2. The summed E-state index contributed by atoms with van der Waals surface area (Å²) in [6.07, 6.45) is 0.283. The fraction of sp³-hybridized carbons (Fsp3) is 0.611. The first-order valence-corrected chi connectivity index (χ1v) is 8.35. The lowest BCUT2D eigenvalue weighted by Gasteiger charge is -2.38. The number of aliphatic hydroxyl groups is 1. The monoisotopic (exact) mass is 339 g/mol. The SMILES string of the molecule is CC(C)(C)OC(=O)N1C([C@H](O)c2ccccc2Cl)CCC1(C)C. The normalized spacial score (nSPS) is 22.0. The molecule has 1 fully saturated rings. The van der Waals surface area contributed by atoms with Gasteiger partial charge in [-0.05, 0) is 53.5 Å². The first-order chi connectivity index (χ1) is 10.5. The zero-order chi connectivity index (χ0) is 17.4. The Balaban J connectivity index is 2.30. The zero-order valence-electron chi connectivity index (χ0n) is 14.5. The first-order valence-electron chi connectivity index (χ1n) is 7.98. The van der Waals surface area contributed by atoms with Crippen molar-refractivity contribution in [1.82, 2.24) is 4.90 Å². The van der Waals surface area contributed by atoms with Crippen molar-refractivity contribution in [1.29, 1.82) is 0 Å². The number of carbonyl (C=O) groups excluding carboxylic acids is 1. The molecule has 1 aromatic carbocycles. The van der Waals surface area contributed by atoms with Crippen molar-refractivity contribution in [2.75, 3.05) is 0 Å². The lowest BCUT2D eigenvalue weighted by atomic mass is 10.00. The molecule has 1 amide bonds. The maximum atomic E-state index is 12.7. The molecule has 1 heterocycles. The minimum absolute atomic E-state index is 0.347. The molecule has 2 atom stereocenters. The van der Waals surface area contributed by atoms with E-state index in [4.69, 9.17) is 16.3 Å². The molecule has 2 rings (SSSR count). The molecular formula is C18H26ClNO3. The minimum atomic E-state index is -0.835. The molecular weight excluding hydrogens is 314 g/mol. The van der Waals surface area contributed by atoms with Gasteiger partial charge in [-0.15, -0.1) is 0 Å². The van der Waals surface area contributed by atoms with Crippen LogP contribution < -0.4 is 0 Å². The van der Waals surface area contributed by atoms with E-state index < -0.39 is 17.8 Å². The second-order valence-corrected chi connectivity index (χ2v) is 8.14. The Morgan fingerprint density at radius 1 is 1.39 bits per heavy atom. The number of nitrogens with zero attached hydrogens (tertiary/aromatic N) is 1. The number of halogens is 1. The van der Waals surface area contributed by atoms with E-state index >= 15 is 0 Å². The molecule has 1 N–H and O–H groups in total. The van der Waals surface area contributed by atoms with E-state index in [9.17, 15) is 9.90 Å². The van der Waals surface area contributed by atoms with Crippen LogP contribution in [0.25, 0.3) is 0 Å². The topological polar surface area (TPSA) is 49.8 Å². The molecule has 23 heavy (non-hydrogen) atoms. The van der Waals surface area contributed by atoms with Crippen molar-refractivity contribution in [3.63, 3.8) is 0 Å². The smallest absolute Gasteiger partial charge is 0.411 e. The third-order valence-electron chi connectivity index (χ3n) is 4.21. The number of ether oxygens (including phenoxy) is 1. The molecule has 1 aliphatic heterocycles. The predicted octanol–water partition coefficient (Wildman–Crippen LogP) is 4.55. The Kier molecular flexibility index (Phi) is 4.97. The third-order valence-corrected chi connectivity index (χ3v) is 4.56. The van der Waals surface area contributed by atoms with Crippen molar-refractivity contribution in [2.45, 2.75) is 70.7 Å². The molecule has 1 saturated heterocycles. The highest BCUT2D eigenvalue weighted by atomic mass is 35.5. The maximum absolute atomic E-state index is 12.7. The van der Waals surface area contributed by atoms with Crippen molar-refractivity contribution >= 4 is 17.7 Å². The number of aliphatic hydroxyl groups excluding tert-OH is 1. The highest BCUT2D eigenvalue weighted by Crippen LogP contribution is 2.41. The van der Waals surface area contributed by atoms with Gasteiger partial charge in [-0.2, -0.15) is 0 Å². The lowest BCUT2D eigenvalue weighted by Crippen LogP contribution is -2.50. The molecule has 0 aliphatic carbocycles. The lowest BCUT2D eigenvalue weighted by molar-refractivity contribution is -0.0166. The molecule has 0 spiro atoms. The number of hydrogen-bond acceptors (Lipinski definition) is 3. The van der Waals surface area contributed by atoms with Gasteiger partial charge >= 0.3 is 6.09 Å². The fourth-order valence-electron chi connectivity index (χ4n) is 3.11. The van der Waals surface area contributed by atoms with Crippen molar-refractivity contribution in [3.8, 4) is 0 Å². The molecule has 0 aromatic heterocycles. The van der Waals surface area contributed by atoms with Gasteiger partial charge in [-0.25, -0.2) is 4.79 Å². The molecule has 0 saturated carbocycles. The van der Waals surface area contributed by atoms with Crippen LogP contribution in [0.1, 0.15) is 59.1 Å². The second-order valence-electron chi connectivity index (χ2n) is 7.74. The summed E-state index contributed by atoms with van der Waals surface area (Å²) in [7, 11) is 0. The third kappa shape index (κ3) is 3.99. The summed E-state index contributed by atoms with van der Waals surface area (Å²) in [4.78, 5) is 14.3. The quantitative estimate of drug-likeness (QED) is 0.859. The van der Waals surface area contributed by atoms with Crippen LogP contribution >= 0.6 is 11.6 Å². The number of likely N-dealkylation sites (tertiary alicyclic amines) is 1. The molecule has 1 aliphatic rings. The van der Waals surface area contributed by atoms with E-state index in [1.807, 2.05) is 46.8 Å². The number of amides is 1. The molecule has 4 nitrogen and oxygen atoms in total. The van der Waals surface area contributed by atoms with Gasteiger partial charge in [0.1, 0.15) is 11.7 Å². The zero-order valence-corrected chi connectivity index (χ0v) is 15.2. The van der Waals surface area contributed by atoms with E-state index in [0.717, 1.165) is 6.42 Å². The second kappa shape index (κ2) is 6.33. The van der Waals surface area contributed by atoms with E-state index in [-0.39, 0.29) is 11.6 Å². The highest BCUT2D eigenvalue weighted by Gasteiger charge is 2.47. The molecule has 128 valence electrons. The van der Waals surface area contributed by atoms with Crippen molar-refractivity contribution in [3.05, 3.63) is 34.9 Å². The number of benzene rings is 1. The summed E-state index contributed by atoms with van der Waals surface area (Å²) in [5.41, 5.74) is -0.296. The summed E-state index contributed by atoms with van der Waals surface area (Å²) in [6.45, 7) is 9.51. The average Bonchev–Trinajstić information content (AvgIpc) is 2.72. The summed E-state index contributed by atoms with van der Waals surface area (Å²) in [5.74, 6) is 0. The molecule has 0 radical (unpaired) electrons. The van der Waals surface area contributed by atoms with Crippen molar-refractivity contribution < 1.29 is 14.6 Å². The summed E-state index contributed by atoms with van der Waals surface area (Å²) in [6, 6.07) is 6.86. The first kappa shape index (κ1) is 18.1.